The number of carbonyl (C=O) groups is 1. The number of nitrogens with one attached hydrogen (secondary N) is 2. The smallest absolute Gasteiger partial charge is 0.291 e. The maximum Gasteiger partial charge on any atom is 0.291 e. The van der Waals surface area contributed by atoms with E-state index >= 15 is 0 Å². The number of anilines is 1. The van der Waals surface area contributed by atoms with E-state index in [1.807, 2.05) is 0 Å². The lowest BCUT2D eigenvalue weighted by Crippen LogP contribution is -2.18. The van der Waals surface area contributed by atoms with Gasteiger partial charge in [0.05, 0.1) is 5.69 Å². The minimum Gasteiger partial charge on any atom is -0.506 e. The standard InChI is InChI=1S/C12H11ClN2O5S/c1-14-21(18,19)11-5-4-10(20-11)12(17)15-8-6-7(13)2-3-9(8)16/h2-6,14,16H,1H3,(H,15,17). The molecule has 0 fully saturated rings. The van der Waals surface area contributed by atoms with Gasteiger partial charge in [-0.1, -0.05) is 11.6 Å². The van der Waals surface area contributed by atoms with Gasteiger partial charge in [-0.25, -0.2) is 13.1 Å². The average molecular weight is 331 g/mol. The number of carbonyl (C=O) groups excluding carboxylic acids is 1. The third kappa shape index (κ3) is 3.35. The Balaban J connectivity index is 2.24. The molecule has 2 aromatic rings. The summed E-state index contributed by atoms with van der Waals surface area (Å²) in [7, 11) is -2.54. The number of hydrogen-bond donors (Lipinski definition) is 3. The van der Waals surface area contributed by atoms with Crippen LogP contribution in [0.1, 0.15) is 10.6 Å². The van der Waals surface area contributed by atoms with E-state index in [-0.39, 0.29) is 22.3 Å². The molecule has 0 unspecified atom stereocenters. The highest BCUT2D eigenvalue weighted by atomic mass is 35.5. The number of halogens is 1. The molecule has 1 aromatic carbocycles. The van der Waals surface area contributed by atoms with Crippen LogP contribution in [0.2, 0.25) is 5.02 Å². The van der Waals surface area contributed by atoms with E-state index in [0.29, 0.717) is 5.02 Å². The van der Waals surface area contributed by atoms with Gasteiger partial charge in [0.25, 0.3) is 15.9 Å². The van der Waals surface area contributed by atoms with Crippen molar-refractivity contribution < 1.29 is 22.7 Å². The molecule has 1 amide bonds. The second-order valence-electron chi connectivity index (χ2n) is 3.94. The molecule has 0 aliphatic heterocycles. The van der Waals surface area contributed by atoms with Crippen molar-refractivity contribution in [3.05, 3.63) is 41.1 Å². The van der Waals surface area contributed by atoms with Gasteiger partial charge >= 0.3 is 0 Å². The number of rotatable bonds is 4. The van der Waals surface area contributed by atoms with Crippen LogP contribution >= 0.6 is 11.6 Å². The predicted octanol–water partition coefficient (Wildman–Crippen LogP) is 1.80. The Bertz CT molecular complexity index is 785. The summed E-state index contributed by atoms with van der Waals surface area (Å²) < 4.78 is 30.0. The molecule has 0 saturated heterocycles. The minimum atomic E-state index is -3.77. The van der Waals surface area contributed by atoms with Crippen molar-refractivity contribution in [3.8, 4) is 5.75 Å². The maximum absolute atomic E-state index is 11.9. The summed E-state index contributed by atoms with van der Waals surface area (Å²) >= 11 is 5.76. The third-order valence-corrected chi connectivity index (χ3v) is 4.07. The summed E-state index contributed by atoms with van der Waals surface area (Å²) in [5.74, 6) is -1.12. The van der Waals surface area contributed by atoms with Gasteiger partial charge in [-0.3, -0.25) is 4.79 Å². The lowest BCUT2D eigenvalue weighted by atomic mass is 10.3. The van der Waals surface area contributed by atoms with Crippen LogP contribution in [-0.4, -0.2) is 26.5 Å². The second kappa shape index (κ2) is 5.76. The van der Waals surface area contributed by atoms with Crippen LogP contribution in [0.25, 0.3) is 0 Å². The molecular formula is C12H11ClN2O5S. The first kappa shape index (κ1) is 15.4. The topological polar surface area (TPSA) is 109 Å². The van der Waals surface area contributed by atoms with Gasteiger partial charge in [0.2, 0.25) is 5.09 Å². The molecule has 0 spiro atoms. The Morgan fingerprint density at radius 3 is 2.67 bits per heavy atom. The van der Waals surface area contributed by atoms with Crippen LogP contribution in [0.3, 0.4) is 0 Å². The molecule has 1 aromatic heterocycles. The van der Waals surface area contributed by atoms with Crippen molar-refractivity contribution >= 4 is 33.2 Å². The molecule has 1 heterocycles. The molecule has 0 atom stereocenters. The largest absolute Gasteiger partial charge is 0.506 e. The molecule has 7 nitrogen and oxygen atoms in total. The normalized spacial score (nSPS) is 11.3. The van der Waals surface area contributed by atoms with Crippen LogP contribution in [0, 0.1) is 0 Å². The van der Waals surface area contributed by atoms with Gasteiger partial charge in [-0.05, 0) is 37.4 Å². The van der Waals surface area contributed by atoms with E-state index in [4.69, 9.17) is 16.0 Å². The molecule has 0 bridgehead atoms. The highest BCUT2D eigenvalue weighted by Crippen LogP contribution is 2.27. The number of phenols is 1. The molecular weight excluding hydrogens is 320 g/mol. The number of benzene rings is 1. The van der Waals surface area contributed by atoms with Crippen molar-refractivity contribution in [2.75, 3.05) is 12.4 Å². The summed E-state index contributed by atoms with van der Waals surface area (Å²) in [6, 6.07) is 6.48. The first-order chi connectivity index (χ1) is 9.83. The van der Waals surface area contributed by atoms with E-state index < -0.39 is 15.9 Å². The second-order valence-corrected chi connectivity index (χ2v) is 6.20. The lowest BCUT2D eigenvalue weighted by Gasteiger charge is -2.06. The van der Waals surface area contributed by atoms with Gasteiger partial charge in [0.15, 0.2) is 5.76 Å². The first-order valence-corrected chi connectivity index (χ1v) is 7.53. The Morgan fingerprint density at radius 2 is 2.00 bits per heavy atom. The molecule has 112 valence electrons. The van der Waals surface area contributed by atoms with Gasteiger partial charge in [0.1, 0.15) is 5.75 Å². The number of amides is 1. The van der Waals surface area contributed by atoms with Crippen LogP contribution < -0.4 is 10.0 Å². The highest BCUT2D eigenvalue weighted by molar-refractivity contribution is 7.89. The molecule has 2 rings (SSSR count). The zero-order chi connectivity index (χ0) is 15.6. The summed E-state index contributed by atoms with van der Waals surface area (Å²) in [4.78, 5) is 11.9. The first-order valence-electron chi connectivity index (χ1n) is 5.67. The van der Waals surface area contributed by atoms with E-state index in [9.17, 15) is 18.3 Å². The van der Waals surface area contributed by atoms with Gasteiger partial charge < -0.3 is 14.8 Å². The monoisotopic (exact) mass is 330 g/mol. The Hall–Kier alpha value is -2.03. The van der Waals surface area contributed by atoms with Crippen molar-refractivity contribution in [1.29, 1.82) is 0 Å². The van der Waals surface area contributed by atoms with Crippen LogP contribution in [0.15, 0.2) is 39.8 Å². The molecule has 21 heavy (non-hydrogen) atoms. The van der Waals surface area contributed by atoms with Gasteiger partial charge in [0, 0.05) is 5.02 Å². The molecule has 0 aliphatic rings. The minimum absolute atomic E-state index is 0.0851. The summed E-state index contributed by atoms with van der Waals surface area (Å²) in [6.45, 7) is 0. The van der Waals surface area contributed by atoms with E-state index in [2.05, 4.69) is 10.0 Å². The van der Waals surface area contributed by atoms with Crippen molar-refractivity contribution in [1.82, 2.24) is 4.72 Å². The highest BCUT2D eigenvalue weighted by Gasteiger charge is 2.20. The average Bonchev–Trinajstić information content (AvgIpc) is 2.93. The van der Waals surface area contributed by atoms with Crippen LogP contribution in [0.5, 0.6) is 5.75 Å². The maximum atomic E-state index is 11.9. The summed E-state index contributed by atoms with van der Waals surface area (Å²) in [6.07, 6.45) is 0. The number of furan rings is 1. The fourth-order valence-electron chi connectivity index (χ4n) is 1.48. The third-order valence-electron chi connectivity index (χ3n) is 2.55. The van der Waals surface area contributed by atoms with E-state index in [1.165, 1.54) is 31.3 Å². The zero-order valence-corrected chi connectivity index (χ0v) is 12.3. The van der Waals surface area contributed by atoms with Crippen LogP contribution in [-0.2, 0) is 10.0 Å². The molecule has 0 saturated carbocycles. The number of phenolic OH excluding ortho intramolecular Hbond substituents is 1. The lowest BCUT2D eigenvalue weighted by molar-refractivity contribution is 0.0991. The Labute approximate surface area is 125 Å². The Kier molecular flexibility index (Phi) is 4.21. The fourth-order valence-corrected chi connectivity index (χ4v) is 2.30. The zero-order valence-electron chi connectivity index (χ0n) is 10.8. The van der Waals surface area contributed by atoms with Crippen molar-refractivity contribution in [3.63, 3.8) is 0 Å². The van der Waals surface area contributed by atoms with E-state index in [1.54, 1.807) is 0 Å². The molecule has 0 radical (unpaired) electrons. The predicted molar refractivity (Wildman–Crippen MR) is 76.0 cm³/mol. The number of hydrogen-bond acceptors (Lipinski definition) is 5. The number of aromatic hydroxyl groups is 1. The molecule has 0 aliphatic carbocycles. The fraction of sp³-hybridized carbons (Fsp3) is 0.0833. The SMILES string of the molecule is CNS(=O)(=O)c1ccc(C(=O)Nc2cc(Cl)ccc2O)o1. The van der Waals surface area contributed by atoms with Crippen LogP contribution in [0.4, 0.5) is 5.69 Å². The van der Waals surface area contributed by atoms with Crippen molar-refractivity contribution in [2.24, 2.45) is 0 Å². The quantitative estimate of drug-likeness (QED) is 0.741. The van der Waals surface area contributed by atoms with Crippen molar-refractivity contribution in [2.45, 2.75) is 5.09 Å². The summed E-state index contributed by atoms with van der Waals surface area (Å²) in [5, 5.41) is 11.9. The summed E-state index contributed by atoms with van der Waals surface area (Å²) in [5.41, 5.74) is 0.0851. The Morgan fingerprint density at radius 1 is 1.29 bits per heavy atom. The molecule has 9 heteroatoms. The van der Waals surface area contributed by atoms with Gasteiger partial charge in [-0.2, -0.15) is 0 Å². The number of sulfonamides is 1. The molecule has 3 N–H and O–H groups in total. The van der Waals surface area contributed by atoms with Gasteiger partial charge in [-0.15, -0.1) is 0 Å². The van der Waals surface area contributed by atoms with E-state index in [0.717, 1.165) is 6.07 Å².